The van der Waals surface area contributed by atoms with E-state index in [2.05, 4.69) is 42.2 Å². The molecule has 2 aromatic rings. The fourth-order valence-corrected chi connectivity index (χ4v) is 2.26. The van der Waals surface area contributed by atoms with Gasteiger partial charge in [0.05, 0.1) is 11.3 Å². The maximum atomic E-state index is 12.2. The van der Waals surface area contributed by atoms with Gasteiger partial charge in [0, 0.05) is 15.1 Å². The van der Waals surface area contributed by atoms with Gasteiger partial charge in [0.2, 0.25) is 0 Å². The average Bonchev–Trinajstić information content (AvgIpc) is 2.38. The van der Waals surface area contributed by atoms with Gasteiger partial charge in [-0.2, -0.15) is 0 Å². The number of hydrogen-bond donors (Lipinski definition) is 2. The number of rotatable bonds is 2. The number of pyridine rings is 1. The Balaban J connectivity index is 2.31. The third-order valence-electron chi connectivity index (χ3n) is 2.57. The predicted molar refractivity (Wildman–Crippen MR) is 83.2 cm³/mol. The molecule has 3 N–H and O–H groups in total. The number of amides is 1. The number of anilines is 2. The summed E-state index contributed by atoms with van der Waals surface area (Å²) < 4.78 is 1.56. The number of nitrogens with zero attached hydrogens (tertiary/aromatic N) is 1. The maximum Gasteiger partial charge on any atom is 0.259 e. The van der Waals surface area contributed by atoms with Crippen molar-refractivity contribution in [3.8, 4) is 0 Å². The van der Waals surface area contributed by atoms with E-state index < -0.39 is 0 Å². The van der Waals surface area contributed by atoms with Crippen LogP contribution in [0.3, 0.4) is 0 Å². The molecule has 6 heteroatoms. The van der Waals surface area contributed by atoms with E-state index in [1.165, 1.54) is 0 Å². The van der Waals surface area contributed by atoms with Crippen molar-refractivity contribution >= 4 is 49.3 Å². The maximum absolute atomic E-state index is 12.2. The number of aryl methyl sites for hydroxylation is 1. The zero-order valence-electron chi connectivity index (χ0n) is 10.1. The Hall–Kier alpha value is -1.40. The van der Waals surface area contributed by atoms with Crippen molar-refractivity contribution in [1.82, 2.24) is 4.98 Å². The molecule has 98 valence electrons. The van der Waals surface area contributed by atoms with E-state index in [1.54, 1.807) is 12.3 Å². The summed E-state index contributed by atoms with van der Waals surface area (Å²) in [6.45, 7) is 1.95. The molecule has 0 aliphatic carbocycles. The lowest BCUT2D eigenvalue weighted by Crippen LogP contribution is -2.15. The van der Waals surface area contributed by atoms with E-state index in [0.717, 1.165) is 10.0 Å². The summed E-state index contributed by atoms with van der Waals surface area (Å²) in [5.41, 5.74) is 7.78. The molecule has 4 nitrogen and oxygen atoms in total. The summed E-state index contributed by atoms with van der Waals surface area (Å²) in [5.74, 6) is -0.0953. The molecule has 0 saturated carbocycles. The van der Waals surface area contributed by atoms with Crippen LogP contribution in [0.4, 0.5) is 11.5 Å². The first-order chi connectivity index (χ1) is 8.99. The van der Waals surface area contributed by atoms with Gasteiger partial charge in [-0.15, -0.1) is 0 Å². The summed E-state index contributed by atoms with van der Waals surface area (Å²) in [4.78, 5) is 16.1. The lowest BCUT2D eigenvalue weighted by Gasteiger charge is -2.10. The first-order valence-electron chi connectivity index (χ1n) is 5.46. The fraction of sp³-hybridized carbons (Fsp3) is 0.0769. The van der Waals surface area contributed by atoms with Crippen molar-refractivity contribution in [2.24, 2.45) is 0 Å². The molecule has 1 amide bonds. The molecule has 0 atom stereocenters. The van der Waals surface area contributed by atoms with Gasteiger partial charge < -0.3 is 11.1 Å². The Morgan fingerprint density at radius 1 is 1.37 bits per heavy atom. The third-order valence-corrected chi connectivity index (χ3v) is 4.06. The summed E-state index contributed by atoms with van der Waals surface area (Å²) in [6.07, 6.45) is 1.55. The highest BCUT2D eigenvalue weighted by atomic mass is 79.9. The summed E-state index contributed by atoms with van der Waals surface area (Å²) in [6, 6.07) is 7.28. The zero-order chi connectivity index (χ0) is 14.0. The fourth-order valence-electron chi connectivity index (χ4n) is 1.57. The molecule has 1 aromatic heterocycles. The number of carbonyl (C=O) groups excluding carboxylic acids is 1. The normalized spacial score (nSPS) is 10.3. The minimum atomic E-state index is -0.294. The lowest BCUT2D eigenvalue weighted by atomic mass is 10.2. The number of nitrogen functional groups attached to an aromatic ring is 1. The van der Waals surface area contributed by atoms with Crippen molar-refractivity contribution in [2.75, 3.05) is 11.1 Å². The second kappa shape index (κ2) is 5.71. The predicted octanol–water partition coefficient (Wildman–Crippen LogP) is 3.75. The van der Waals surface area contributed by atoms with Crippen LogP contribution in [-0.2, 0) is 0 Å². The van der Waals surface area contributed by atoms with Crippen LogP contribution >= 0.6 is 31.9 Å². The van der Waals surface area contributed by atoms with E-state index in [-0.39, 0.29) is 11.7 Å². The van der Waals surface area contributed by atoms with Gasteiger partial charge in [0.15, 0.2) is 0 Å². The van der Waals surface area contributed by atoms with Gasteiger partial charge in [0.1, 0.15) is 5.82 Å². The molecule has 0 radical (unpaired) electrons. The number of aromatic nitrogens is 1. The van der Waals surface area contributed by atoms with E-state index in [1.807, 2.05) is 25.1 Å². The standard InChI is InChI=1S/C13H11Br2N3O/c1-7-3-2-4-10(11(7)15)18-13(19)9-5-8(14)6-17-12(9)16/h2-6H,1H3,(H2,16,17)(H,18,19). The van der Waals surface area contributed by atoms with Gasteiger partial charge in [-0.25, -0.2) is 4.98 Å². The highest BCUT2D eigenvalue weighted by Crippen LogP contribution is 2.26. The molecule has 0 fully saturated rings. The van der Waals surface area contributed by atoms with Crippen molar-refractivity contribution in [1.29, 1.82) is 0 Å². The smallest absolute Gasteiger partial charge is 0.259 e. The molecule has 0 spiro atoms. The van der Waals surface area contributed by atoms with E-state index in [9.17, 15) is 4.79 Å². The number of halogens is 2. The second-order valence-electron chi connectivity index (χ2n) is 3.98. The molecule has 2 rings (SSSR count). The highest BCUT2D eigenvalue weighted by molar-refractivity contribution is 9.11. The van der Waals surface area contributed by atoms with Crippen molar-refractivity contribution < 1.29 is 4.79 Å². The van der Waals surface area contributed by atoms with Gasteiger partial charge in [0.25, 0.3) is 5.91 Å². The van der Waals surface area contributed by atoms with Crippen LogP contribution in [0, 0.1) is 6.92 Å². The monoisotopic (exact) mass is 383 g/mol. The van der Waals surface area contributed by atoms with Crippen LogP contribution in [0.25, 0.3) is 0 Å². The number of hydrogen-bond acceptors (Lipinski definition) is 3. The number of nitrogens with one attached hydrogen (secondary N) is 1. The van der Waals surface area contributed by atoms with Crippen LogP contribution in [0.2, 0.25) is 0 Å². The Morgan fingerprint density at radius 2 is 2.11 bits per heavy atom. The quantitative estimate of drug-likeness (QED) is 0.828. The molecular formula is C13H11Br2N3O. The van der Waals surface area contributed by atoms with E-state index in [0.29, 0.717) is 15.7 Å². The second-order valence-corrected chi connectivity index (χ2v) is 5.69. The minimum absolute atomic E-state index is 0.199. The Morgan fingerprint density at radius 3 is 2.84 bits per heavy atom. The number of nitrogens with two attached hydrogens (primary N) is 1. The lowest BCUT2D eigenvalue weighted by molar-refractivity contribution is 0.102. The van der Waals surface area contributed by atoms with Crippen molar-refractivity contribution in [3.63, 3.8) is 0 Å². The van der Waals surface area contributed by atoms with Crippen molar-refractivity contribution in [3.05, 3.63) is 50.5 Å². The topological polar surface area (TPSA) is 68.0 Å². The molecule has 0 aliphatic heterocycles. The van der Waals surface area contributed by atoms with Crippen LogP contribution in [0.15, 0.2) is 39.4 Å². The van der Waals surface area contributed by atoms with Gasteiger partial charge in [-0.3, -0.25) is 4.79 Å². The molecule has 0 saturated heterocycles. The van der Waals surface area contributed by atoms with Crippen molar-refractivity contribution in [2.45, 2.75) is 6.92 Å². The minimum Gasteiger partial charge on any atom is -0.383 e. The van der Waals surface area contributed by atoms with Crippen LogP contribution < -0.4 is 11.1 Å². The average molecular weight is 385 g/mol. The Bertz CT molecular complexity index is 644. The number of benzene rings is 1. The largest absolute Gasteiger partial charge is 0.383 e. The molecule has 0 unspecified atom stereocenters. The van der Waals surface area contributed by atoms with Crippen LogP contribution in [0.5, 0.6) is 0 Å². The third kappa shape index (κ3) is 3.13. The molecule has 0 bridgehead atoms. The molecule has 1 heterocycles. The summed E-state index contributed by atoms with van der Waals surface area (Å²) in [5, 5.41) is 2.81. The van der Waals surface area contributed by atoms with Gasteiger partial charge >= 0.3 is 0 Å². The van der Waals surface area contributed by atoms with Gasteiger partial charge in [-0.05, 0) is 56.5 Å². The Kier molecular flexibility index (Phi) is 4.21. The van der Waals surface area contributed by atoms with Crippen LogP contribution in [0.1, 0.15) is 15.9 Å². The molecule has 0 aliphatic rings. The molecular weight excluding hydrogens is 374 g/mol. The number of carbonyl (C=O) groups is 1. The zero-order valence-corrected chi connectivity index (χ0v) is 13.2. The highest BCUT2D eigenvalue weighted by Gasteiger charge is 2.13. The first kappa shape index (κ1) is 14.0. The first-order valence-corrected chi connectivity index (χ1v) is 7.05. The SMILES string of the molecule is Cc1cccc(NC(=O)c2cc(Br)cnc2N)c1Br. The summed E-state index contributed by atoms with van der Waals surface area (Å²) >= 11 is 6.71. The van der Waals surface area contributed by atoms with E-state index in [4.69, 9.17) is 5.73 Å². The molecule has 19 heavy (non-hydrogen) atoms. The summed E-state index contributed by atoms with van der Waals surface area (Å²) in [7, 11) is 0. The van der Waals surface area contributed by atoms with Crippen LogP contribution in [-0.4, -0.2) is 10.9 Å². The molecule has 1 aromatic carbocycles. The van der Waals surface area contributed by atoms with Gasteiger partial charge in [-0.1, -0.05) is 12.1 Å². The Labute approximate surface area is 127 Å². The van der Waals surface area contributed by atoms with E-state index >= 15 is 0 Å².